The van der Waals surface area contributed by atoms with Crippen LogP contribution in [0.15, 0.2) is 18.2 Å². The summed E-state index contributed by atoms with van der Waals surface area (Å²) >= 11 is 11.8. The van der Waals surface area contributed by atoms with E-state index in [-0.39, 0.29) is 17.9 Å². The van der Waals surface area contributed by atoms with Crippen molar-refractivity contribution in [2.24, 2.45) is 11.7 Å². The largest absolute Gasteiger partial charge is 0.328 e. The van der Waals surface area contributed by atoms with Gasteiger partial charge >= 0.3 is 0 Å². The van der Waals surface area contributed by atoms with E-state index in [2.05, 4.69) is 5.32 Å². The van der Waals surface area contributed by atoms with Crippen molar-refractivity contribution in [2.45, 2.75) is 31.7 Å². The lowest BCUT2D eigenvalue weighted by molar-refractivity contribution is -0.120. The quantitative estimate of drug-likeness (QED) is 0.875. The van der Waals surface area contributed by atoms with Gasteiger partial charge in [0.25, 0.3) is 0 Å². The first-order valence-electron chi connectivity index (χ1n) is 6.07. The van der Waals surface area contributed by atoms with E-state index in [1.807, 2.05) is 0 Å². The Balaban J connectivity index is 2.02. The van der Waals surface area contributed by atoms with Gasteiger partial charge in [0, 0.05) is 27.7 Å². The molecule has 0 radical (unpaired) electrons. The Hall–Kier alpha value is -0.770. The lowest BCUT2D eigenvalue weighted by Crippen LogP contribution is -2.34. The van der Waals surface area contributed by atoms with Crippen LogP contribution in [0.5, 0.6) is 0 Å². The topological polar surface area (TPSA) is 55.1 Å². The van der Waals surface area contributed by atoms with Gasteiger partial charge in [0.2, 0.25) is 5.91 Å². The first kappa shape index (κ1) is 13.7. The zero-order chi connectivity index (χ0) is 13.1. The lowest BCUT2D eigenvalue weighted by Gasteiger charge is -2.25. The Morgan fingerprint density at radius 1 is 1.22 bits per heavy atom. The second-order valence-corrected chi connectivity index (χ2v) is 5.64. The SMILES string of the molecule is NC1CCCC(C(=O)Nc2cc(Cl)cc(Cl)c2)C1. The average Bonchev–Trinajstić information content (AvgIpc) is 2.27. The van der Waals surface area contributed by atoms with Gasteiger partial charge in [-0.15, -0.1) is 0 Å². The molecule has 1 aliphatic carbocycles. The van der Waals surface area contributed by atoms with Crippen LogP contribution in [0, 0.1) is 5.92 Å². The third kappa shape index (κ3) is 3.61. The molecular weight excluding hydrogens is 271 g/mol. The summed E-state index contributed by atoms with van der Waals surface area (Å²) in [6, 6.07) is 5.15. The smallest absolute Gasteiger partial charge is 0.227 e. The van der Waals surface area contributed by atoms with E-state index in [0.29, 0.717) is 15.7 Å². The Bertz CT molecular complexity index is 430. The lowest BCUT2D eigenvalue weighted by atomic mass is 9.85. The van der Waals surface area contributed by atoms with Crippen molar-refractivity contribution in [1.29, 1.82) is 0 Å². The number of halogens is 2. The molecule has 1 aliphatic rings. The monoisotopic (exact) mass is 286 g/mol. The molecule has 2 rings (SSSR count). The van der Waals surface area contributed by atoms with E-state index in [9.17, 15) is 4.79 Å². The molecule has 1 aromatic rings. The third-order valence-electron chi connectivity index (χ3n) is 3.22. The van der Waals surface area contributed by atoms with Crippen LogP contribution in [0.3, 0.4) is 0 Å². The molecule has 2 atom stereocenters. The zero-order valence-electron chi connectivity index (χ0n) is 9.96. The number of rotatable bonds is 2. The molecule has 1 aromatic carbocycles. The molecule has 5 heteroatoms. The van der Waals surface area contributed by atoms with Crippen LogP contribution >= 0.6 is 23.2 Å². The molecule has 1 fully saturated rings. The Labute approximate surface area is 117 Å². The number of benzene rings is 1. The van der Waals surface area contributed by atoms with Gasteiger partial charge in [-0.05, 0) is 37.5 Å². The standard InChI is InChI=1S/C13H16Cl2N2O/c14-9-5-10(15)7-12(6-9)17-13(18)8-2-1-3-11(16)4-8/h5-8,11H,1-4,16H2,(H,17,18). The van der Waals surface area contributed by atoms with Crippen molar-refractivity contribution in [3.05, 3.63) is 28.2 Å². The van der Waals surface area contributed by atoms with Crippen molar-refractivity contribution < 1.29 is 4.79 Å². The van der Waals surface area contributed by atoms with E-state index >= 15 is 0 Å². The maximum absolute atomic E-state index is 12.1. The van der Waals surface area contributed by atoms with Crippen LogP contribution in [-0.4, -0.2) is 11.9 Å². The minimum atomic E-state index is -0.00786. The second kappa shape index (κ2) is 5.91. The molecule has 18 heavy (non-hydrogen) atoms. The van der Waals surface area contributed by atoms with Crippen LogP contribution in [0.25, 0.3) is 0 Å². The number of nitrogens with two attached hydrogens (primary N) is 1. The highest BCUT2D eigenvalue weighted by Crippen LogP contribution is 2.26. The molecule has 2 unspecified atom stereocenters. The summed E-state index contributed by atoms with van der Waals surface area (Å²) in [7, 11) is 0. The number of anilines is 1. The number of amides is 1. The summed E-state index contributed by atoms with van der Waals surface area (Å²) in [6.07, 6.45) is 3.66. The summed E-state index contributed by atoms with van der Waals surface area (Å²) in [4.78, 5) is 12.1. The highest BCUT2D eigenvalue weighted by Gasteiger charge is 2.25. The maximum Gasteiger partial charge on any atom is 0.227 e. The van der Waals surface area contributed by atoms with Crippen LogP contribution < -0.4 is 11.1 Å². The molecule has 0 heterocycles. The molecule has 1 amide bonds. The van der Waals surface area contributed by atoms with E-state index in [0.717, 1.165) is 25.7 Å². The molecule has 0 spiro atoms. The fraction of sp³-hybridized carbons (Fsp3) is 0.462. The van der Waals surface area contributed by atoms with Crippen LogP contribution in [0.2, 0.25) is 10.0 Å². The van der Waals surface area contributed by atoms with E-state index < -0.39 is 0 Å². The number of hydrogen-bond donors (Lipinski definition) is 2. The van der Waals surface area contributed by atoms with Gasteiger partial charge in [0.15, 0.2) is 0 Å². The Kier molecular flexibility index (Phi) is 4.49. The van der Waals surface area contributed by atoms with Crippen molar-refractivity contribution in [2.75, 3.05) is 5.32 Å². The van der Waals surface area contributed by atoms with Crippen LogP contribution in [-0.2, 0) is 4.79 Å². The van der Waals surface area contributed by atoms with Gasteiger partial charge in [-0.2, -0.15) is 0 Å². The van der Waals surface area contributed by atoms with Crippen molar-refractivity contribution in [3.8, 4) is 0 Å². The van der Waals surface area contributed by atoms with E-state index in [1.165, 1.54) is 0 Å². The zero-order valence-corrected chi connectivity index (χ0v) is 11.5. The summed E-state index contributed by atoms with van der Waals surface area (Å²) in [5.41, 5.74) is 6.52. The van der Waals surface area contributed by atoms with Gasteiger partial charge < -0.3 is 11.1 Å². The molecular formula is C13H16Cl2N2O. The van der Waals surface area contributed by atoms with Gasteiger partial charge in [0.05, 0.1) is 0 Å². The van der Waals surface area contributed by atoms with Crippen LogP contribution in [0.1, 0.15) is 25.7 Å². The van der Waals surface area contributed by atoms with Gasteiger partial charge in [-0.3, -0.25) is 4.79 Å². The van der Waals surface area contributed by atoms with Gasteiger partial charge in [0.1, 0.15) is 0 Å². The predicted octanol–water partition coefficient (Wildman–Crippen LogP) is 3.45. The highest BCUT2D eigenvalue weighted by atomic mass is 35.5. The minimum absolute atomic E-state index is 0.00323. The van der Waals surface area contributed by atoms with E-state index in [4.69, 9.17) is 28.9 Å². The minimum Gasteiger partial charge on any atom is -0.328 e. The number of carbonyl (C=O) groups excluding carboxylic acids is 1. The van der Waals surface area contributed by atoms with Crippen molar-refractivity contribution in [1.82, 2.24) is 0 Å². The first-order chi connectivity index (χ1) is 8.54. The molecule has 0 bridgehead atoms. The van der Waals surface area contributed by atoms with Crippen molar-refractivity contribution >= 4 is 34.8 Å². The molecule has 3 nitrogen and oxygen atoms in total. The molecule has 0 aromatic heterocycles. The molecule has 98 valence electrons. The average molecular weight is 287 g/mol. The van der Waals surface area contributed by atoms with E-state index in [1.54, 1.807) is 18.2 Å². The van der Waals surface area contributed by atoms with Gasteiger partial charge in [-0.1, -0.05) is 29.6 Å². The fourth-order valence-corrected chi connectivity index (χ4v) is 2.86. The Morgan fingerprint density at radius 2 is 1.89 bits per heavy atom. The molecule has 3 N–H and O–H groups in total. The summed E-state index contributed by atoms with van der Waals surface area (Å²) in [5, 5.41) is 3.87. The number of hydrogen-bond acceptors (Lipinski definition) is 2. The second-order valence-electron chi connectivity index (χ2n) is 4.77. The predicted molar refractivity (Wildman–Crippen MR) is 75.0 cm³/mol. The summed E-state index contributed by atoms with van der Waals surface area (Å²) in [5.74, 6) is -0.00464. The number of nitrogens with one attached hydrogen (secondary N) is 1. The molecule has 0 aliphatic heterocycles. The van der Waals surface area contributed by atoms with Crippen molar-refractivity contribution in [3.63, 3.8) is 0 Å². The molecule has 0 saturated heterocycles. The van der Waals surface area contributed by atoms with Gasteiger partial charge in [-0.25, -0.2) is 0 Å². The fourth-order valence-electron chi connectivity index (χ4n) is 2.34. The maximum atomic E-state index is 12.1. The third-order valence-corrected chi connectivity index (χ3v) is 3.65. The number of carbonyl (C=O) groups is 1. The normalized spacial score (nSPS) is 23.7. The first-order valence-corrected chi connectivity index (χ1v) is 6.83. The summed E-state index contributed by atoms with van der Waals surface area (Å²) < 4.78 is 0. The summed E-state index contributed by atoms with van der Waals surface area (Å²) in [6.45, 7) is 0. The van der Waals surface area contributed by atoms with Crippen LogP contribution in [0.4, 0.5) is 5.69 Å². The Morgan fingerprint density at radius 3 is 2.50 bits per heavy atom. The highest BCUT2D eigenvalue weighted by molar-refractivity contribution is 6.35. The molecule has 1 saturated carbocycles.